The van der Waals surface area contributed by atoms with Gasteiger partial charge in [0.25, 0.3) is 0 Å². The smallest absolute Gasteiger partial charge is 0.356 e. The largest absolute Gasteiger partial charge is 0.497 e. The molecule has 0 aliphatic heterocycles. The van der Waals surface area contributed by atoms with Crippen LogP contribution in [0.5, 0.6) is 5.75 Å². The Morgan fingerprint density at radius 1 is 0.743 bits per heavy atom. The molecule has 0 amide bonds. The van der Waals surface area contributed by atoms with Crippen molar-refractivity contribution >= 4 is 28.6 Å². The quantitative estimate of drug-likeness (QED) is 0.268. The van der Waals surface area contributed by atoms with E-state index in [0.29, 0.717) is 27.6 Å². The number of benzene rings is 3. The van der Waals surface area contributed by atoms with Crippen LogP contribution < -0.4 is 4.74 Å². The fourth-order valence-corrected chi connectivity index (χ4v) is 3.96. The van der Waals surface area contributed by atoms with Crippen LogP contribution in [0.4, 0.5) is 0 Å². The zero-order valence-electron chi connectivity index (χ0n) is 19.0. The van der Waals surface area contributed by atoms with E-state index < -0.39 is 5.97 Å². The Kier molecular flexibility index (Phi) is 6.12. The molecule has 172 valence electrons. The van der Waals surface area contributed by atoms with Crippen LogP contribution >= 0.6 is 11.6 Å². The summed E-state index contributed by atoms with van der Waals surface area (Å²) in [5.74, 6) is 0.703. The van der Waals surface area contributed by atoms with Crippen molar-refractivity contribution in [2.24, 2.45) is 0 Å². The van der Waals surface area contributed by atoms with E-state index in [0.717, 1.165) is 28.0 Å². The zero-order valence-corrected chi connectivity index (χ0v) is 19.8. The Hall–Kier alpha value is -4.29. The number of carbonyl (C=O) groups excluding carboxylic acids is 1. The van der Waals surface area contributed by atoms with Gasteiger partial charge in [0.2, 0.25) is 0 Å². The molecule has 0 aliphatic rings. The van der Waals surface area contributed by atoms with Crippen molar-refractivity contribution in [3.8, 4) is 39.5 Å². The maximum Gasteiger partial charge on any atom is 0.356 e. The topological polar surface area (TPSA) is 74.2 Å². The summed E-state index contributed by atoms with van der Waals surface area (Å²) in [5, 5.41) is 0.624. The van der Waals surface area contributed by atoms with E-state index in [4.69, 9.17) is 31.0 Å². The summed E-state index contributed by atoms with van der Waals surface area (Å²) in [6.45, 7) is 0. The number of aromatic nitrogens is 3. The number of rotatable bonds is 5. The lowest BCUT2D eigenvalue weighted by Crippen LogP contribution is -2.07. The van der Waals surface area contributed by atoms with E-state index in [1.807, 2.05) is 66.7 Å². The molecule has 0 unspecified atom stereocenters. The summed E-state index contributed by atoms with van der Waals surface area (Å²) in [6.07, 6.45) is 0. The van der Waals surface area contributed by atoms with Gasteiger partial charge in [0.15, 0.2) is 5.82 Å². The molecule has 6 nitrogen and oxygen atoms in total. The van der Waals surface area contributed by atoms with Gasteiger partial charge < -0.3 is 9.47 Å². The number of nitrogens with zero attached hydrogens (tertiary/aromatic N) is 3. The van der Waals surface area contributed by atoms with Gasteiger partial charge in [0, 0.05) is 21.7 Å². The summed E-state index contributed by atoms with van der Waals surface area (Å²) < 4.78 is 10.3. The lowest BCUT2D eigenvalue weighted by Gasteiger charge is -2.14. The van der Waals surface area contributed by atoms with Gasteiger partial charge in [-0.3, -0.25) is 0 Å². The van der Waals surface area contributed by atoms with E-state index in [9.17, 15) is 4.79 Å². The highest BCUT2D eigenvalue weighted by Crippen LogP contribution is 2.35. The normalized spacial score (nSPS) is 10.8. The van der Waals surface area contributed by atoms with Crippen LogP contribution in [0.3, 0.4) is 0 Å². The third-order valence-electron chi connectivity index (χ3n) is 5.60. The summed E-state index contributed by atoms with van der Waals surface area (Å²) in [7, 11) is 2.95. The second kappa shape index (κ2) is 9.52. The first-order chi connectivity index (χ1) is 17.1. The minimum atomic E-state index is -0.536. The van der Waals surface area contributed by atoms with Gasteiger partial charge in [-0.15, -0.1) is 0 Å². The molecule has 0 fully saturated rings. The number of esters is 1. The first-order valence-electron chi connectivity index (χ1n) is 10.8. The average Bonchev–Trinajstić information content (AvgIpc) is 2.92. The fourth-order valence-electron chi connectivity index (χ4n) is 3.83. The molecule has 35 heavy (non-hydrogen) atoms. The number of ether oxygens (including phenoxy) is 2. The fraction of sp³-hybridized carbons (Fsp3) is 0.0714. The van der Waals surface area contributed by atoms with Crippen LogP contribution in [0, 0.1) is 0 Å². The Labute approximate surface area is 207 Å². The van der Waals surface area contributed by atoms with E-state index in [-0.39, 0.29) is 5.69 Å². The number of methoxy groups -OCH3 is 2. The predicted molar refractivity (Wildman–Crippen MR) is 137 cm³/mol. The molecule has 0 aliphatic carbocycles. The summed E-state index contributed by atoms with van der Waals surface area (Å²) >= 11 is 6.11. The van der Waals surface area contributed by atoms with E-state index in [1.54, 1.807) is 25.3 Å². The van der Waals surface area contributed by atoms with Gasteiger partial charge in [-0.2, -0.15) is 0 Å². The van der Waals surface area contributed by atoms with Crippen LogP contribution in [0.2, 0.25) is 5.02 Å². The van der Waals surface area contributed by atoms with E-state index >= 15 is 0 Å². The summed E-state index contributed by atoms with van der Waals surface area (Å²) in [4.78, 5) is 27.0. The molecule has 0 spiro atoms. The highest BCUT2D eigenvalue weighted by molar-refractivity contribution is 6.30. The van der Waals surface area contributed by atoms with Crippen molar-refractivity contribution in [3.05, 3.63) is 95.6 Å². The molecule has 5 rings (SSSR count). The van der Waals surface area contributed by atoms with Crippen LogP contribution in [0.25, 0.3) is 44.8 Å². The molecular weight excluding hydrogens is 462 g/mol. The van der Waals surface area contributed by atoms with Gasteiger partial charge in [-0.05, 0) is 60.2 Å². The lowest BCUT2D eigenvalue weighted by atomic mass is 10.0. The van der Waals surface area contributed by atoms with Gasteiger partial charge in [-0.1, -0.05) is 41.9 Å². The van der Waals surface area contributed by atoms with Crippen LogP contribution in [-0.2, 0) is 4.74 Å². The molecule has 7 heteroatoms. The number of fused-ring (bicyclic) bond motifs is 1. The highest BCUT2D eigenvalue weighted by Gasteiger charge is 2.20. The number of hydrogen-bond acceptors (Lipinski definition) is 6. The average molecular weight is 482 g/mol. The summed E-state index contributed by atoms with van der Waals surface area (Å²) in [5.41, 5.74) is 5.14. The molecular formula is C28H20ClN3O3. The maximum atomic E-state index is 12.5. The molecule has 0 saturated carbocycles. The van der Waals surface area contributed by atoms with E-state index in [1.165, 1.54) is 7.11 Å². The van der Waals surface area contributed by atoms with Gasteiger partial charge in [0.05, 0.1) is 14.2 Å². The molecule has 0 atom stereocenters. The molecule has 2 aromatic heterocycles. The van der Waals surface area contributed by atoms with Crippen LogP contribution in [0.1, 0.15) is 10.5 Å². The molecule has 5 aromatic rings. The first-order valence-corrected chi connectivity index (χ1v) is 11.2. The minimum Gasteiger partial charge on any atom is -0.497 e. The van der Waals surface area contributed by atoms with Crippen LogP contribution in [0.15, 0.2) is 84.9 Å². The van der Waals surface area contributed by atoms with Gasteiger partial charge >= 0.3 is 5.97 Å². The Balaban J connectivity index is 1.87. The highest BCUT2D eigenvalue weighted by atomic mass is 35.5. The third-order valence-corrected chi connectivity index (χ3v) is 5.85. The van der Waals surface area contributed by atoms with Gasteiger partial charge in [0.1, 0.15) is 28.2 Å². The second-order valence-corrected chi connectivity index (χ2v) is 8.18. The lowest BCUT2D eigenvalue weighted by molar-refractivity contribution is 0.0594. The van der Waals surface area contributed by atoms with E-state index in [2.05, 4.69) is 4.98 Å². The number of halogens is 1. The first kappa shape index (κ1) is 22.5. The van der Waals surface area contributed by atoms with Crippen molar-refractivity contribution < 1.29 is 14.3 Å². The Morgan fingerprint density at radius 3 is 2.09 bits per heavy atom. The molecule has 3 aromatic carbocycles. The minimum absolute atomic E-state index is 0.177. The number of pyridine rings is 1. The van der Waals surface area contributed by atoms with Crippen molar-refractivity contribution in [1.29, 1.82) is 0 Å². The summed E-state index contributed by atoms with van der Waals surface area (Å²) in [6, 6.07) is 26.3. The molecule has 0 bridgehead atoms. The number of hydrogen-bond donors (Lipinski definition) is 0. The predicted octanol–water partition coefficient (Wildman–Crippen LogP) is 6.47. The van der Waals surface area contributed by atoms with Gasteiger partial charge in [-0.25, -0.2) is 19.7 Å². The molecule has 2 heterocycles. The monoisotopic (exact) mass is 481 g/mol. The van der Waals surface area contributed by atoms with Crippen molar-refractivity contribution in [2.75, 3.05) is 14.2 Å². The second-order valence-electron chi connectivity index (χ2n) is 7.74. The zero-order chi connectivity index (χ0) is 24.4. The van der Waals surface area contributed by atoms with Crippen molar-refractivity contribution in [3.63, 3.8) is 0 Å². The number of carbonyl (C=O) groups is 1. The van der Waals surface area contributed by atoms with Crippen LogP contribution in [-0.4, -0.2) is 35.1 Å². The molecule has 0 radical (unpaired) electrons. The third kappa shape index (κ3) is 4.44. The maximum absolute atomic E-state index is 12.5. The molecule has 0 saturated heterocycles. The Morgan fingerprint density at radius 2 is 1.43 bits per heavy atom. The van der Waals surface area contributed by atoms with Crippen molar-refractivity contribution in [2.45, 2.75) is 0 Å². The Bertz CT molecular complexity index is 1520. The molecule has 0 N–H and O–H groups in total. The van der Waals surface area contributed by atoms with Crippen molar-refractivity contribution in [1.82, 2.24) is 15.0 Å². The SMILES string of the molecule is COC(=O)c1cc(-c2ccccc2)c2nc(-c3ccc(Cl)cc3)nc(-c3ccc(OC)cc3)c2n1. The standard InChI is InChI=1S/C28H20ClN3O3/c1-34-21-14-10-18(11-15-21)24-26-25(32-27(31-24)19-8-12-20(29)13-9-19)22(17-6-4-3-5-7-17)16-23(30-26)28(33)35-2/h3-16H,1-2H3.